The summed E-state index contributed by atoms with van der Waals surface area (Å²) in [5.74, 6) is -0.933. The van der Waals surface area contributed by atoms with Gasteiger partial charge in [0.1, 0.15) is 0 Å². The lowest BCUT2D eigenvalue weighted by Crippen LogP contribution is -2.01. The first-order valence-corrected chi connectivity index (χ1v) is 6.44. The molecule has 0 amide bonds. The quantitative estimate of drug-likeness (QED) is 0.802. The number of halogens is 1. The van der Waals surface area contributed by atoms with Gasteiger partial charge in [0.05, 0.1) is 23.8 Å². The molecule has 20 heavy (non-hydrogen) atoms. The predicted octanol–water partition coefficient (Wildman–Crippen LogP) is 3.44. The third-order valence-electron chi connectivity index (χ3n) is 3.13. The van der Waals surface area contributed by atoms with Crippen LogP contribution >= 0.6 is 11.6 Å². The van der Waals surface area contributed by atoms with Crippen LogP contribution < -0.4 is 0 Å². The fraction of sp³-hybridized carbons (Fsp3) is 0.0667. The van der Waals surface area contributed by atoms with Crippen LogP contribution in [0.3, 0.4) is 0 Å². The number of carboxylic acid groups (broad SMARTS) is 1. The van der Waals surface area contributed by atoms with Crippen molar-refractivity contribution < 1.29 is 9.90 Å². The molecule has 3 rings (SSSR count). The number of nitrogens with zero attached hydrogens (tertiary/aromatic N) is 2. The van der Waals surface area contributed by atoms with Gasteiger partial charge in [-0.15, -0.1) is 0 Å². The second kappa shape index (κ2) is 4.98. The summed E-state index contributed by atoms with van der Waals surface area (Å²) >= 11 is 5.86. The summed E-state index contributed by atoms with van der Waals surface area (Å²) in [5, 5.41) is 14.8. The van der Waals surface area contributed by atoms with Crippen molar-refractivity contribution in [1.29, 1.82) is 0 Å². The van der Waals surface area contributed by atoms with Crippen molar-refractivity contribution in [3.63, 3.8) is 0 Å². The molecule has 0 aliphatic heterocycles. The van der Waals surface area contributed by atoms with Gasteiger partial charge < -0.3 is 5.11 Å². The monoisotopic (exact) mass is 286 g/mol. The van der Waals surface area contributed by atoms with Gasteiger partial charge in [0, 0.05) is 10.4 Å². The Bertz CT molecular complexity index is 778. The second-order valence-corrected chi connectivity index (χ2v) is 4.94. The molecule has 0 saturated carbocycles. The molecule has 0 atom stereocenters. The van der Waals surface area contributed by atoms with E-state index >= 15 is 0 Å². The Morgan fingerprint density at radius 2 is 1.95 bits per heavy atom. The molecule has 0 fully saturated rings. The average Bonchev–Trinajstić information content (AvgIpc) is 2.84. The lowest BCUT2D eigenvalue weighted by atomic mass is 10.1. The Hall–Kier alpha value is -2.33. The summed E-state index contributed by atoms with van der Waals surface area (Å²) in [6, 6.07) is 12.6. The van der Waals surface area contributed by atoms with Crippen molar-refractivity contribution in [3.8, 4) is 0 Å². The number of fused-ring (bicyclic) bond motifs is 1. The normalized spacial score (nSPS) is 10.8. The standard InChI is InChI=1S/C15H11ClN2O2/c16-13-4-1-10(2-5-13)9-18-14-6-3-11(15(19)20)7-12(14)8-17-18/h1-8H,9H2,(H,19,20). The molecule has 2 aromatic carbocycles. The molecule has 1 aromatic heterocycles. The molecular formula is C15H11ClN2O2. The van der Waals surface area contributed by atoms with Gasteiger partial charge in [0.15, 0.2) is 0 Å². The summed E-state index contributed by atoms with van der Waals surface area (Å²) < 4.78 is 1.84. The third-order valence-corrected chi connectivity index (χ3v) is 3.39. The zero-order valence-electron chi connectivity index (χ0n) is 10.5. The van der Waals surface area contributed by atoms with Crippen LogP contribution in [0.1, 0.15) is 15.9 Å². The maximum atomic E-state index is 10.9. The molecule has 0 bridgehead atoms. The van der Waals surface area contributed by atoms with E-state index in [1.807, 2.05) is 28.9 Å². The number of carboxylic acids is 1. The Morgan fingerprint density at radius 1 is 1.20 bits per heavy atom. The van der Waals surface area contributed by atoms with Crippen LogP contribution in [0.2, 0.25) is 5.02 Å². The fourth-order valence-corrected chi connectivity index (χ4v) is 2.23. The number of benzene rings is 2. The van der Waals surface area contributed by atoms with E-state index in [0.717, 1.165) is 16.5 Å². The topological polar surface area (TPSA) is 55.1 Å². The number of hydrogen-bond acceptors (Lipinski definition) is 2. The number of rotatable bonds is 3. The number of aromatic nitrogens is 2. The molecule has 1 N–H and O–H groups in total. The first kappa shape index (κ1) is 12.7. The molecule has 0 aliphatic rings. The number of carbonyl (C=O) groups is 1. The summed E-state index contributed by atoms with van der Waals surface area (Å²) in [5.41, 5.74) is 2.26. The zero-order chi connectivity index (χ0) is 14.1. The van der Waals surface area contributed by atoms with Crippen molar-refractivity contribution in [2.75, 3.05) is 0 Å². The Kier molecular flexibility index (Phi) is 3.16. The highest BCUT2D eigenvalue weighted by Gasteiger charge is 2.08. The molecule has 100 valence electrons. The van der Waals surface area contributed by atoms with Crippen LogP contribution in [-0.2, 0) is 6.54 Å². The largest absolute Gasteiger partial charge is 0.478 e. The Labute approximate surface area is 120 Å². The molecule has 0 aliphatic carbocycles. The van der Waals surface area contributed by atoms with E-state index in [9.17, 15) is 4.79 Å². The van der Waals surface area contributed by atoms with Gasteiger partial charge in [-0.05, 0) is 35.9 Å². The van der Waals surface area contributed by atoms with Gasteiger partial charge in [-0.1, -0.05) is 23.7 Å². The van der Waals surface area contributed by atoms with E-state index in [1.165, 1.54) is 0 Å². The van der Waals surface area contributed by atoms with Gasteiger partial charge in [-0.2, -0.15) is 5.10 Å². The minimum Gasteiger partial charge on any atom is -0.478 e. The summed E-state index contributed by atoms with van der Waals surface area (Å²) in [6.45, 7) is 0.618. The van der Waals surface area contributed by atoms with E-state index in [0.29, 0.717) is 11.6 Å². The first-order valence-electron chi connectivity index (χ1n) is 6.07. The fourth-order valence-electron chi connectivity index (χ4n) is 2.11. The molecule has 0 unspecified atom stereocenters. The summed E-state index contributed by atoms with van der Waals surface area (Å²) in [6.07, 6.45) is 1.68. The molecule has 0 radical (unpaired) electrons. The third kappa shape index (κ3) is 2.38. The molecule has 5 heteroatoms. The van der Waals surface area contributed by atoms with Crippen LogP contribution in [0, 0.1) is 0 Å². The first-order chi connectivity index (χ1) is 9.63. The van der Waals surface area contributed by atoms with Crippen LogP contribution in [0.5, 0.6) is 0 Å². The maximum absolute atomic E-state index is 10.9. The van der Waals surface area contributed by atoms with E-state index in [-0.39, 0.29) is 5.56 Å². The highest BCUT2D eigenvalue weighted by molar-refractivity contribution is 6.30. The Morgan fingerprint density at radius 3 is 2.65 bits per heavy atom. The second-order valence-electron chi connectivity index (χ2n) is 4.51. The van der Waals surface area contributed by atoms with Crippen LogP contribution in [0.4, 0.5) is 0 Å². The van der Waals surface area contributed by atoms with Gasteiger partial charge in [0.2, 0.25) is 0 Å². The van der Waals surface area contributed by atoms with Crippen molar-refractivity contribution >= 4 is 28.5 Å². The summed E-state index contributed by atoms with van der Waals surface area (Å²) in [7, 11) is 0. The SMILES string of the molecule is O=C(O)c1ccc2c(cnn2Cc2ccc(Cl)cc2)c1. The Balaban J connectivity index is 1.96. The van der Waals surface area contributed by atoms with Gasteiger partial charge in [-0.25, -0.2) is 4.79 Å². The van der Waals surface area contributed by atoms with E-state index in [1.54, 1.807) is 24.4 Å². The number of aromatic carboxylic acids is 1. The highest BCUT2D eigenvalue weighted by Crippen LogP contribution is 2.18. The van der Waals surface area contributed by atoms with Crippen LogP contribution in [-0.4, -0.2) is 20.9 Å². The molecular weight excluding hydrogens is 276 g/mol. The van der Waals surface area contributed by atoms with E-state index in [4.69, 9.17) is 16.7 Å². The van der Waals surface area contributed by atoms with Gasteiger partial charge >= 0.3 is 5.97 Å². The van der Waals surface area contributed by atoms with Gasteiger partial charge in [0.25, 0.3) is 0 Å². The number of hydrogen-bond donors (Lipinski definition) is 1. The van der Waals surface area contributed by atoms with Crippen molar-refractivity contribution in [1.82, 2.24) is 9.78 Å². The lowest BCUT2D eigenvalue weighted by molar-refractivity contribution is 0.0697. The predicted molar refractivity (Wildman–Crippen MR) is 77.2 cm³/mol. The molecule has 4 nitrogen and oxygen atoms in total. The molecule has 3 aromatic rings. The van der Waals surface area contributed by atoms with Crippen molar-refractivity contribution in [2.45, 2.75) is 6.54 Å². The zero-order valence-corrected chi connectivity index (χ0v) is 11.2. The molecule has 0 spiro atoms. The average molecular weight is 287 g/mol. The highest BCUT2D eigenvalue weighted by atomic mass is 35.5. The van der Waals surface area contributed by atoms with E-state index < -0.39 is 5.97 Å². The van der Waals surface area contributed by atoms with Crippen LogP contribution in [0.15, 0.2) is 48.7 Å². The minimum absolute atomic E-state index is 0.267. The van der Waals surface area contributed by atoms with Crippen molar-refractivity contribution in [2.24, 2.45) is 0 Å². The van der Waals surface area contributed by atoms with Crippen molar-refractivity contribution in [3.05, 3.63) is 64.8 Å². The van der Waals surface area contributed by atoms with E-state index in [2.05, 4.69) is 5.10 Å². The smallest absolute Gasteiger partial charge is 0.335 e. The molecule has 1 heterocycles. The summed E-state index contributed by atoms with van der Waals surface area (Å²) in [4.78, 5) is 10.9. The molecule has 0 saturated heterocycles. The maximum Gasteiger partial charge on any atom is 0.335 e. The lowest BCUT2D eigenvalue weighted by Gasteiger charge is -2.04. The van der Waals surface area contributed by atoms with Gasteiger partial charge in [-0.3, -0.25) is 4.68 Å². The minimum atomic E-state index is -0.933. The van der Waals surface area contributed by atoms with Crippen LogP contribution in [0.25, 0.3) is 10.9 Å².